The number of nitrogens with zero attached hydrogens (tertiary/aromatic N) is 4. The zero-order valence-electron chi connectivity index (χ0n) is 10.0. The van der Waals surface area contributed by atoms with E-state index in [1.165, 1.54) is 19.2 Å². The van der Waals surface area contributed by atoms with Gasteiger partial charge in [-0.1, -0.05) is 13.5 Å². The lowest BCUT2D eigenvalue weighted by atomic mass is 10.3. The molecule has 1 fully saturated rings. The fourth-order valence-electron chi connectivity index (χ4n) is 1.54. The fraction of sp³-hybridized carbons (Fsp3) is 0.667. The molecule has 0 aromatic heterocycles. The molecule has 4 heteroatoms. The highest BCUT2D eigenvalue weighted by Crippen LogP contribution is 2.00. The van der Waals surface area contributed by atoms with Gasteiger partial charge < -0.3 is 4.90 Å². The summed E-state index contributed by atoms with van der Waals surface area (Å²) in [6.45, 7) is 12.0. The van der Waals surface area contributed by atoms with E-state index in [-0.39, 0.29) is 0 Å². The first-order valence-electron chi connectivity index (χ1n) is 5.60. The lowest BCUT2D eigenvalue weighted by Crippen LogP contribution is -2.46. The summed E-state index contributed by atoms with van der Waals surface area (Å²) in [6, 6.07) is 3.88. The Bertz CT molecular complexity index is 253. The standard InChI is InChI=1S/C9H17N3.C3H3N/c1-2-11-6-8-12(9-7-11)5-3-4-10;1-2-3-4/h2-3,5-9H2,1H3;2H,1H2. The van der Waals surface area contributed by atoms with E-state index in [1.807, 2.05) is 0 Å². The number of hydrogen-bond donors (Lipinski definition) is 0. The summed E-state index contributed by atoms with van der Waals surface area (Å²) in [6.07, 6.45) is 1.85. The predicted octanol–water partition coefficient (Wildman–Crippen LogP) is 1.23. The Labute approximate surface area is 98.4 Å². The average molecular weight is 220 g/mol. The summed E-state index contributed by atoms with van der Waals surface area (Å²) in [5, 5.41) is 15.9. The van der Waals surface area contributed by atoms with Crippen molar-refractivity contribution < 1.29 is 0 Å². The van der Waals surface area contributed by atoms with E-state index < -0.39 is 0 Å². The molecule has 0 radical (unpaired) electrons. The van der Waals surface area contributed by atoms with Crippen LogP contribution in [-0.2, 0) is 0 Å². The van der Waals surface area contributed by atoms with Crippen molar-refractivity contribution in [3.8, 4) is 12.1 Å². The predicted molar refractivity (Wildman–Crippen MR) is 64.6 cm³/mol. The van der Waals surface area contributed by atoms with Crippen LogP contribution in [0.25, 0.3) is 0 Å². The first-order valence-corrected chi connectivity index (χ1v) is 5.60. The van der Waals surface area contributed by atoms with Gasteiger partial charge in [0.05, 0.1) is 12.1 Å². The van der Waals surface area contributed by atoms with Gasteiger partial charge in [-0.05, 0) is 6.54 Å². The SMILES string of the molecule is C=CC#N.CCN1CCN(CCC#N)CC1. The van der Waals surface area contributed by atoms with Crippen LogP contribution in [0.5, 0.6) is 0 Å². The van der Waals surface area contributed by atoms with Gasteiger partial charge in [0, 0.05) is 45.2 Å². The molecule has 0 atom stereocenters. The average Bonchev–Trinajstić information content (AvgIpc) is 2.37. The van der Waals surface area contributed by atoms with Gasteiger partial charge in [0.25, 0.3) is 0 Å². The molecule has 0 unspecified atom stereocenters. The van der Waals surface area contributed by atoms with Gasteiger partial charge in [0.15, 0.2) is 0 Å². The topological polar surface area (TPSA) is 54.1 Å². The van der Waals surface area contributed by atoms with Crippen molar-refractivity contribution in [1.29, 1.82) is 10.5 Å². The van der Waals surface area contributed by atoms with E-state index in [2.05, 4.69) is 29.4 Å². The second-order valence-electron chi connectivity index (χ2n) is 3.52. The molecule has 0 N–H and O–H groups in total. The van der Waals surface area contributed by atoms with Crippen LogP contribution in [0.3, 0.4) is 0 Å². The second kappa shape index (κ2) is 10.2. The maximum absolute atomic E-state index is 8.41. The maximum Gasteiger partial charge on any atom is 0.0905 e. The summed E-state index contributed by atoms with van der Waals surface area (Å²) < 4.78 is 0. The van der Waals surface area contributed by atoms with Crippen molar-refractivity contribution >= 4 is 0 Å². The summed E-state index contributed by atoms with van der Waals surface area (Å²) in [4.78, 5) is 4.82. The van der Waals surface area contributed by atoms with Crippen molar-refractivity contribution in [1.82, 2.24) is 9.80 Å². The van der Waals surface area contributed by atoms with Gasteiger partial charge in [-0.3, -0.25) is 4.90 Å². The fourth-order valence-corrected chi connectivity index (χ4v) is 1.54. The Morgan fingerprint density at radius 2 is 1.69 bits per heavy atom. The largest absolute Gasteiger partial charge is 0.301 e. The van der Waals surface area contributed by atoms with Crippen LogP contribution in [0.4, 0.5) is 0 Å². The Morgan fingerprint density at radius 1 is 1.19 bits per heavy atom. The highest BCUT2D eigenvalue weighted by molar-refractivity contribution is 4.93. The third-order valence-electron chi connectivity index (χ3n) is 2.54. The van der Waals surface area contributed by atoms with Crippen molar-refractivity contribution in [2.45, 2.75) is 13.3 Å². The molecule has 0 spiro atoms. The molecule has 1 heterocycles. The van der Waals surface area contributed by atoms with Gasteiger partial charge in [-0.2, -0.15) is 10.5 Å². The molecule has 1 aliphatic heterocycles. The smallest absolute Gasteiger partial charge is 0.0905 e. The summed E-state index contributed by atoms with van der Waals surface area (Å²) >= 11 is 0. The van der Waals surface area contributed by atoms with E-state index in [9.17, 15) is 0 Å². The molecule has 1 rings (SSSR count). The monoisotopic (exact) mass is 220 g/mol. The number of allylic oxidation sites excluding steroid dienone is 1. The third kappa shape index (κ3) is 7.00. The number of rotatable bonds is 3. The molecular formula is C12H20N4. The second-order valence-corrected chi connectivity index (χ2v) is 3.52. The molecule has 0 aromatic rings. The van der Waals surface area contributed by atoms with E-state index >= 15 is 0 Å². The summed E-state index contributed by atoms with van der Waals surface area (Å²) in [5.41, 5.74) is 0. The van der Waals surface area contributed by atoms with Crippen LogP contribution in [-0.4, -0.2) is 49.1 Å². The van der Waals surface area contributed by atoms with Crippen LogP contribution in [0.2, 0.25) is 0 Å². The summed E-state index contributed by atoms with van der Waals surface area (Å²) in [7, 11) is 0. The Hall–Kier alpha value is -1.36. The zero-order chi connectivity index (χ0) is 12.2. The molecule has 0 bridgehead atoms. The minimum atomic E-state index is 0.673. The van der Waals surface area contributed by atoms with Gasteiger partial charge in [-0.15, -0.1) is 0 Å². The van der Waals surface area contributed by atoms with Gasteiger partial charge in [0.2, 0.25) is 0 Å². The zero-order valence-corrected chi connectivity index (χ0v) is 10.0. The molecule has 0 aromatic carbocycles. The van der Waals surface area contributed by atoms with E-state index in [0.717, 1.165) is 26.2 Å². The molecule has 1 saturated heterocycles. The van der Waals surface area contributed by atoms with Crippen molar-refractivity contribution in [2.24, 2.45) is 0 Å². The molecule has 16 heavy (non-hydrogen) atoms. The van der Waals surface area contributed by atoms with E-state index in [0.29, 0.717) is 6.42 Å². The van der Waals surface area contributed by atoms with Gasteiger partial charge in [-0.25, -0.2) is 0 Å². The first kappa shape index (κ1) is 14.6. The molecule has 0 aliphatic carbocycles. The lowest BCUT2D eigenvalue weighted by Gasteiger charge is -2.33. The molecule has 4 nitrogen and oxygen atoms in total. The van der Waals surface area contributed by atoms with Crippen LogP contribution < -0.4 is 0 Å². The van der Waals surface area contributed by atoms with Crippen molar-refractivity contribution in [3.63, 3.8) is 0 Å². The summed E-state index contributed by atoms with van der Waals surface area (Å²) in [5.74, 6) is 0. The van der Waals surface area contributed by atoms with Crippen LogP contribution in [0.15, 0.2) is 12.7 Å². The van der Waals surface area contributed by atoms with Gasteiger partial charge >= 0.3 is 0 Å². The lowest BCUT2D eigenvalue weighted by molar-refractivity contribution is 0.139. The van der Waals surface area contributed by atoms with Crippen LogP contribution >= 0.6 is 0 Å². The number of hydrogen-bond acceptors (Lipinski definition) is 4. The Kier molecular flexibility index (Phi) is 9.30. The minimum absolute atomic E-state index is 0.673. The number of nitriles is 2. The molecule has 0 amide bonds. The van der Waals surface area contributed by atoms with Crippen LogP contribution in [0, 0.1) is 22.7 Å². The number of likely N-dealkylation sites (N-methyl/N-ethyl adjacent to an activating group) is 1. The third-order valence-corrected chi connectivity index (χ3v) is 2.54. The highest BCUT2D eigenvalue weighted by atomic mass is 15.3. The van der Waals surface area contributed by atoms with Crippen molar-refractivity contribution in [2.75, 3.05) is 39.3 Å². The maximum atomic E-state index is 8.41. The van der Waals surface area contributed by atoms with Crippen molar-refractivity contribution in [3.05, 3.63) is 12.7 Å². The van der Waals surface area contributed by atoms with Crippen LogP contribution in [0.1, 0.15) is 13.3 Å². The first-order chi connectivity index (χ1) is 7.78. The van der Waals surface area contributed by atoms with E-state index in [4.69, 9.17) is 10.5 Å². The Morgan fingerprint density at radius 3 is 2.06 bits per heavy atom. The van der Waals surface area contributed by atoms with E-state index in [1.54, 1.807) is 6.07 Å². The molecular weight excluding hydrogens is 200 g/mol. The molecule has 0 saturated carbocycles. The normalized spacial score (nSPS) is 16.4. The Balaban J connectivity index is 0.000000487. The van der Waals surface area contributed by atoms with Gasteiger partial charge in [0.1, 0.15) is 0 Å². The quantitative estimate of drug-likeness (QED) is 0.671. The number of piperazine rings is 1. The highest BCUT2D eigenvalue weighted by Gasteiger charge is 2.13. The minimum Gasteiger partial charge on any atom is -0.301 e. The molecule has 1 aliphatic rings. The molecule has 88 valence electrons.